The first-order valence-corrected chi connectivity index (χ1v) is 8.89. The maximum atomic E-state index is 12.4. The van der Waals surface area contributed by atoms with Gasteiger partial charge in [-0.25, -0.2) is 0 Å². The third kappa shape index (κ3) is 5.49. The number of anilines is 1. The Balaban J connectivity index is 1.91. The summed E-state index contributed by atoms with van der Waals surface area (Å²) in [6, 6.07) is 14.4. The highest BCUT2D eigenvalue weighted by atomic mass is 32.2. The highest BCUT2D eigenvalue weighted by Crippen LogP contribution is 2.24. The van der Waals surface area contributed by atoms with Gasteiger partial charge in [-0.2, -0.15) is 0 Å². The molecule has 0 aromatic heterocycles. The summed E-state index contributed by atoms with van der Waals surface area (Å²) in [5.41, 5.74) is 0.882. The number of nitrogens with zero attached hydrogens (tertiary/aromatic N) is 2. The molecule has 2 aromatic carbocycles. The average molecular weight is 359 g/mol. The van der Waals surface area contributed by atoms with Crippen molar-refractivity contribution in [1.82, 2.24) is 5.32 Å². The molecule has 0 unspecified atom stereocenters. The molecule has 7 heteroatoms. The summed E-state index contributed by atoms with van der Waals surface area (Å²) in [6.45, 7) is 0.522. The van der Waals surface area contributed by atoms with Crippen molar-refractivity contribution >= 4 is 29.0 Å². The molecular weight excluding hydrogens is 338 g/mol. The molecule has 0 saturated carbocycles. The molecule has 1 amide bonds. The topological polar surface area (TPSA) is 75.5 Å². The van der Waals surface area contributed by atoms with E-state index in [1.807, 2.05) is 18.2 Å². The monoisotopic (exact) mass is 359 g/mol. The van der Waals surface area contributed by atoms with Gasteiger partial charge in [0, 0.05) is 43.4 Å². The summed E-state index contributed by atoms with van der Waals surface area (Å²) < 4.78 is 0. The van der Waals surface area contributed by atoms with E-state index in [0.29, 0.717) is 17.8 Å². The van der Waals surface area contributed by atoms with Crippen LogP contribution in [0.5, 0.6) is 0 Å². The number of hydrogen-bond acceptors (Lipinski definition) is 5. The summed E-state index contributed by atoms with van der Waals surface area (Å²) in [5.74, 6) is 0.594. The molecule has 0 aliphatic heterocycles. The van der Waals surface area contributed by atoms with Crippen molar-refractivity contribution in [2.24, 2.45) is 0 Å². The second-order valence-electron chi connectivity index (χ2n) is 5.62. The molecule has 132 valence electrons. The standard InChI is InChI=1S/C18H21N3O3S/c1-20(2)17-10-9-14(21(23)24)13-16(17)18(22)19-11-6-12-25-15-7-4-3-5-8-15/h3-5,7-10,13H,6,11-12H2,1-2H3,(H,19,22). The third-order valence-corrected chi connectivity index (χ3v) is 4.63. The van der Waals surface area contributed by atoms with Crippen molar-refractivity contribution in [2.45, 2.75) is 11.3 Å². The second-order valence-corrected chi connectivity index (χ2v) is 6.79. The Bertz CT molecular complexity index is 736. The van der Waals surface area contributed by atoms with Gasteiger partial charge in [0.1, 0.15) is 0 Å². The Morgan fingerprint density at radius 2 is 1.92 bits per heavy atom. The fourth-order valence-corrected chi connectivity index (χ4v) is 3.16. The molecule has 1 N–H and O–H groups in total. The molecule has 0 saturated heterocycles. The number of amides is 1. The van der Waals surface area contributed by atoms with E-state index in [2.05, 4.69) is 17.4 Å². The molecule has 2 aromatic rings. The van der Waals surface area contributed by atoms with Gasteiger partial charge >= 0.3 is 0 Å². The maximum Gasteiger partial charge on any atom is 0.270 e. The van der Waals surface area contributed by atoms with E-state index in [1.54, 1.807) is 36.8 Å². The number of hydrogen-bond donors (Lipinski definition) is 1. The van der Waals surface area contributed by atoms with Gasteiger partial charge in [0.15, 0.2) is 0 Å². The Hall–Kier alpha value is -2.54. The highest BCUT2D eigenvalue weighted by molar-refractivity contribution is 7.99. The van der Waals surface area contributed by atoms with Gasteiger partial charge in [-0.15, -0.1) is 11.8 Å². The van der Waals surface area contributed by atoms with Gasteiger partial charge in [-0.3, -0.25) is 14.9 Å². The van der Waals surface area contributed by atoms with Crippen LogP contribution in [0.2, 0.25) is 0 Å². The number of nitro groups is 1. The number of benzene rings is 2. The van der Waals surface area contributed by atoms with Crippen LogP contribution in [0.15, 0.2) is 53.4 Å². The van der Waals surface area contributed by atoms with Crippen LogP contribution < -0.4 is 10.2 Å². The maximum absolute atomic E-state index is 12.4. The fraction of sp³-hybridized carbons (Fsp3) is 0.278. The van der Waals surface area contributed by atoms with E-state index in [-0.39, 0.29) is 11.6 Å². The van der Waals surface area contributed by atoms with Crippen molar-refractivity contribution in [2.75, 3.05) is 31.3 Å². The highest BCUT2D eigenvalue weighted by Gasteiger charge is 2.17. The van der Waals surface area contributed by atoms with Gasteiger partial charge in [0.2, 0.25) is 0 Å². The summed E-state index contributed by atoms with van der Waals surface area (Å²) in [7, 11) is 3.60. The summed E-state index contributed by atoms with van der Waals surface area (Å²) >= 11 is 1.73. The molecule has 0 heterocycles. The van der Waals surface area contributed by atoms with Gasteiger partial charge in [0.05, 0.1) is 10.5 Å². The lowest BCUT2D eigenvalue weighted by molar-refractivity contribution is -0.384. The first kappa shape index (κ1) is 18.8. The Kier molecular flexibility index (Phi) is 6.82. The van der Waals surface area contributed by atoms with Crippen LogP contribution in [0.3, 0.4) is 0 Å². The van der Waals surface area contributed by atoms with Crippen LogP contribution in [-0.4, -0.2) is 37.2 Å². The number of carbonyl (C=O) groups excluding carboxylic acids is 1. The molecular formula is C18H21N3O3S. The quantitative estimate of drug-likeness (QED) is 0.337. The van der Waals surface area contributed by atoms with Crippen molar-refractivity contribution < 1.29 is 9.72 Å². The molecule has 0 spiro atoms. The largest absolute Gasteiger partial charge is 0.377 e. The number of thioether (sulfide) groups is 1. The summed E-state index contributed by atoms with van der Waals surface area (Å²) in [5, 5.41) is 13.8. The van der Waals surface area contributed by atoms with Crippen molar-refractivity contribution in [3.05, 3.63) is 64.2 Å². The first-order chi connectivity index (χ1) is 12.0. The van der Waals surface area contributed by atoms with Crippen LogP contribution >= 0.6 is 11.8 Å². The minimum atomic E-state index is -0.493. The van der Waals surface area contributed by atoms with Gasteiger partial charge in [0.25, 0.3) is 11.6 Å². The molecule has 0 aliphatic carbocycles. The van der Waals surface area contributed by atoms with Gasteiger partial charge in [-0.05, 0) is 30.4 Å². The minimum Gasteiger partial charge on any atom is -0.377 e. The second kappa shape index (κ2) is 9.08. The van der Waals surface area contributed by atoms with Crippen LogP contribution in [-0.2, 0) is 0 Å². The van der Waals surface area contributed by atoms with Crippen LogP contribution in [0, 0.1) is 10.1 Å². The minimum absolute atomic E-state index is 0.0876. The predicted molar refractivity (Wildman–Crippen MR) is 102 cm³/mol. The van der Waals surface area contributed by atoms with E-state index in [4.69, 9.17) is 0 Å². The van der Waals surface area contributed by atoms with Crippen molar-refractivity contribution in [1.29, 1.82) is 0 Å². The lowest BCUT2D eigenvalue weighted by Gasteiger charge is -2.17. The van der Waals surface area contributed by atoms with Gasteiger partial charge in [-0.1, -0.05) is 18.2 Å². The zero-order valence-corrected chi connectivity index (χ0v) is 15.1. The van der Waals surface area contributed by atoms with E-state index in [1.165, 1.54) is 17.0 Å². The number of nitro benzene ring substituents is 1. The molecule has 0 fully saturated rings. The first-order valence-electron chi connectivity index (χ1n) is 7.91. The normalized spacial score (nSPS) is 10.3. The third-order valence-electron chi connectivity index (χ3n) is 3.54. The summed E-state index contributed by atoms with van der Waals surface area (Å²) in [6.07, 6.45) is 0.817. The number of nitrogens with one attached hydrogen (secondary N) is 1. The molecule has 6 nitrogen and oxygen atoms in total. The van der Waals surface area contributed by atoms with Crippen LogP contribution in [0.25, 0.3) is 0 Å². The molecule has 2 rings (SSSR count). The van der Waals surface area contributed by atoms with Crippen molar-refractivity contribution in [3.8, 4) is 0 Å². The Morgan fingerprint density at radius 1 is 1.20 bits per heavy atom. The lowest BCUT2D eigenvalue weighted by Crippen LogP contribution is -2.27. The van der Waals surface area contributed by atoms with E-state index in [0.717, 1.165) is 12.2 Å². The van der Waals surface area contributed by atoms with E-state index < -0.39 is 4.92 Å². The molecule has 0 aliphatic rings. The zero-order valence-electron chi connectivity index (χ0n) is 14.3. The molecule has 0 atom stereocenters. The van der Waals surface area contributed by atoms with E-state index in [9.17, 15) is 14.9 Å². The zero-order chi connectivity index (χ0) is 18.2. The SMILES string of the molecule is CN(C)c1ccc([N+](=O)[O-])cc1C(=O)NCCCSc1ccccc1. The number of rotatable bonds is 8. The van der Waals surface area contributed by atoms with Crippen molar-refractivity contribution in [3.63, 3.8) is 0 Å². The van der Waals surface area contributed by atoms with E-state index >= 15 is 0 Å². The van der Waals surface area contributed by atoms with Gasteiger partial charge < -0.3 is 10.2 Å². The Morgan fingerprint density at radius 3 is 2.56 bits per heavy atom. The van der Waals surface area contributed by atoms with Crippen LogP contribution in [0.4, 0.5) is 11.4 Å². The fourth-order valence-electron chi connectivity index (χ4n) is 2.29. The lowest BCUT2D eigenvalue weighted by atomic mass is 10.1. The average Bonchev–Trinajstić information content (AvgIpc) is 2.61. The molecule has 25 heavy (non-hydrogen) atoms. The Labute approximate surface area is 151 Å². The van der Waals surface area contributed by atoms with Crippen LogP contribution in [0.1, 0.15) is 16.8 Å². The molecule has 0 bridgehead atoms. The summed E-state index contributed by atoms with van der Waals surface area (Å²) in [4.78, 5) is 25.8. The number of carbonyl (C=O) groups is 1. The predicted octanol–water partition coefficient (Wildman–Crippen LogP) is 3.57. The smallest absolute Gasteiger partial charge is 0.270 e. The number of non-ortho nitro benzene ring substituents is 1. The molecule has 0 radical (unpaired) electrons.